The molecule has 0 unspecified atom stereocenters. The van der Waals surface area contributed by atoms with Crippen LogP contribution in [-0.2, 0) is 19.4 Å². The molecule has 23 heavy (non-hydrogen) atoms. The molecule has 0 aromatic carbocycles. The fourth-order valence-corrected chi connectivity index (χ4v) is 3.33. The second-order valence-corrected chi connectivity index (χ2v) is 6.50. The zero-order valence-electron chi connectivity index (χ0n) is 13.0. The van der Waals surface area contributed by atoms with E-state index in [0.29, 0.717) is 24.6 Å². The molecule has 3 heterocycles. The van der Waals surface area contributed by atoms with Crippen LogP contribution in [0, 0.1) is 5.92 Å². The molecule has 1 aliphatic heterocycles. The quantitative estimate of drug-likeness (QED) is 0.872. The summed E-state index contributed by atoms with van der Waals surface area (Å²) in [5.41, 5.74) is 3.00. The Morgan fingerprint density at radius 1 is 1.17 bits per heavy atom. The molecule has 1 amide bonds. The summed E-state index contributed by atoms with van der Waals surface area (Å²) in [5.74, 6) is 0.661. The molecule has 1 fully saturated rings. The standard InChI is InChI=1S/C18H20N2O3/c21-17-4-3-14-5-8-19(18(22)15-7-10-23-12-15)9-6-16(14)20(17)11-13-1-2-13/h3-4,7,10,12-13H,1-2,5-6,8-9,11H2. The topological polar surface area (TPSA) is 55.5 Å². The molecular weight excluding hydrogens is 292 g/mol. The van der Waals surface area contributed by atoms with E-state index in [1.165, 1.54) is 30.9 Å². The van der Waals surface area contributed by atoms with Crippen molar-refractivity contribution in [2.75, 3.05) is 13.1 Å². The maximum absolute atomic E-state index is 12.5. The van der Waals surface area contributed by atoms with Crippen LogP contribution in [-0.4, -0.2) is 28.5 Å². The minimum Gasteiger partial charge on any atom is -0.472 e. The van der Waals surface area contributed by atoms with E-state index in [-0.39, 0.29) is 11.5 Å². The monoisotopic (exact) mass is 312 g/mol. The summed E-state index contributed by atoms with van der Waals surface area (Å²) < 4.78 is 6.96. The van der Waals surface area contributed by atoms with Crippen LogP contribution >= 0.6 is 0 Å². The number of carbonyl (C=O) groups is 1. The number of hydrogen-bond acceptors (Lipinski definition) is 3. The van der Waals surface area contributed by atoms with Crippen molar-refractivity contribution < 1.29 is 9.21 Å². The number of hydrogen-bond donors (Lipinski definition) is 0. The van der Waals surface area contributed by atoms with Crippen molar-refractivity contribution in [3.05, 3.63) is 57.9 Å². The Morgan fingerprint density at radius 3 is 2.74 bits per heavy atom. The van der Waals surface area contributed by atoms with Gasteiger partial charge in [-0.3, -0.25) is 9.59 Å². The van der Waals surface area contributed by atoms with Gasteiger partial charge in [0.05, 0.1) is 11.8 Å². The molecule has 5 nitrogen and oxygen atoms in total. The first-order valence-electron chi connectivity index (χ1n) is 8.25. The number of rotatable bonds is 3. The molecular formula is C18H20N2O3. The highest BCUT2D eigenvalue weighted by Crippen LogP contribution is 2.31. The number of aromatic nitrogens is 1. The zero-order valence-corrected chi connectivity index (χ0v) is 13.0. The van der Waals surface area contributed by atoms with Crippen LogP contribution in [0.1, 0.15) is 34.5 Å². The van der Waals surface area contributed by atoms with Crippen LogP contribution in [0.4, 0.5) is 0 Å². The maximum Gasteiger partial charge on any atom is 0.257 e. The van der Waals surface area contributed by atoms with E-state index >= 15 is 0 Å². The van der Waals surface area contributed by atoms with E-state index in [2.05, 4.69) is 0 Å². The summed E-state index contributed by atoms with van der Waals surface area (Å²) in [4.78, 5) is 26.6. The molecule has 1 aliphatic carbocycles. The van der Waals surface area contributed by atoms with Crippen LogP contribution in [0.5, 0.6) is 0 Å². The Morgan fingerprint density at radius 2 is 2.00 bits per heavy atom. The normalized spacial score (nSPS) is 17.7. The molecule has 0 bridgehead atoms. The summed E-state index contributed by atoms with van der Waals surface area (Å²) in [5, 5.41) is 0. The fraction of sp³-hybridized carbons (Fsp3) is 0.444. The predicted octanol–water partition coefficient (Wildman–Crippen LogP) is 2.09. The molecule has 120 valence electrons. The van der Waals surface area contributed by atoms with Gasteiger partial charge in [-0.15, -0.1) is 0 Å². The highest BCUT2D eigenvalue weighted by molar-refractivity contribution is 5.93. The third-order valence-corrected chi connectivity index (χ3v) is 4.85. The van der Waals surface area contributed by atoms with Crippen LogP contribution in [0.3, 0.4) is 0 Å². The lowest BCUT2D eigenvalue weighted by Crippen LogP contribution is -2.33. The van der Waals surface area contributed by atoms with Crippen molar-refractivity contribution >= 4 is 5.91 Å². The van der Waals surface area contributed by atoms with Gasteiger partial charge in [0, 0.05) is 37.8 Å². The lowest BCUT2D eigenvalue weighted by atomic mass is 10.1. The van der Waals surface area contributed by atoms with Crippen molar-refractivity contribution in [2.24, 2.45) is 5.92 Å². The number of carbonyl (C=O) groups excluding carboxylic acids is 1. The molecule has 4 rings (SSSR count). The summed E-state index contributed by atoms with van der Waals surface area (Å²) in [6.07, 6.45) is 6.99. The molecule has 0 radical (unpaired) electrons. The first kappa shape index (κ1) is 14.3. The third kappa shape index (κ3) is 2.83. The Kier molecular flexibility index (Phi) is 3.56. The summed E-state index contributed by atoms with van der Waals surface area (Å²) in [7, 11) is 0. The fourth-order valence-electron chi connectivity index (χ4n) is 3.33. The highest BCUT2D eigenvalue weighted by atomic mass is 16.3. The molecule has 0 saturated heterocycles. The molecule has 0 N–H and O–H groups in total. The molecule has 1 saturated carbocycles. The molecule has 2 aliphatic rings. The van der Waals surface area contributed by atoms with E-state index in [4.69, 9.17) is 4.42 Å². The number of fused-ring (bicyclic) bond motifs is 1. The van der Waals surface area contributed by atoms with Crippen molar-refractivity contribution in [3.63, 3.8) is 0 Å². The minimum absolute atomic E-state index is 0.00245. The number of amides is 1. The largest absolute Gasteiger partial charge is 0.472 e. The predicted molar refractivity (Wildman–Crippen MR) is 85.4 cm³/mol. The first-order valence-corrected chi connectivity index (χ1v) is 8.25. The van der Waals surface area contributed by atoms with Gasteiger partial charge in [-0.05, 0) is 36.8 Å². The summed E-state index contributed by atoms with van der Waals surface area (Å²) in [6.45, 7) is 2.15. The van der Waals surface area contributed by atoms with Crippen LogP contribution < -0.4 is 5.56 Å². The van der Waals surface area contributed by atoms with E-state index in [1.807, 2.05) is 15.5 Å². The van der Waals surface area contributed by atoms with Gasteiger partial charge >= 0.3 is 0 Å². The van der Waals surface area contributed by atoms with Crippen LogP contribution in [0.25, 0.3) is 0 Å². The third-order valence-electron chi connectivity index (χ3n) is 4.85. The van der Waals surface area contributed by atoms with Gasteiger partial charge in [-0.2, -0.15) is 0 Å². The Balaban J connectivity index is 1.58. The van der Waals surface area contributed by atoms with Crippen LogP contribution in [0.2, 0.25) is 0 Å². The molecule has 0 spiro atoms. The van der Waals surface area contributed by atoms with Crippen molar-refractivity contribution in [1.29, 1.82) is 0 Å². The lowest BCUT2D eigenvalue weighted by Gasteiger charge is -2.19. The van der Waals surface area contributed by atoms with Gasteiger partial charge < -0.3 is 13.9 Å². The molecule has 2 aromatic heterocycles. The van der Waals surface area contributed by atoms with Gasteiger partial charge in [0.1, 0.15) is 6.26 Å². The first-order chi connectivity index (χ1) is 11.2. The molecule has 0 atom stereocenters. The van der Waals surface area contributed by atoms with Crippen molar-refractivity contribution in [2.45, 2.75) is 32.2 Å². The van der Waals surface area contributed by atoms with Gasteiger partial charge in [0.15, 0.2) is 0 Å². The van der Waals surface area contributed by atoms with Gasteiger partial charge in [0.25, 0.3) is 11.5 Å². The van der Waals surface area contributed by atoms with Gasteiger partial charge in [-0.25, -0.2) is 0 Å². The smallest absolute Gasteiger partial charge is 0.257 e. The number of furan rings is 1. The Labute approximate surface area is 134 Å². The zero-order chi connectivity index (χ0) is 15.8. The molecule has 2 aromatic rings. The van der Waals surface area contributed by atoms with Gasteiger partial charge in [0.2, 0.25) is 0 Å². The Hall–Kier alpha value is -2.30. The van der Waals surface area contributed by atoms with E-state index in [9.17, 15) is 9.59 Å². The SMILES string of the molecule is O=C(c1ccoc1)N1CCc2ccc(=O)n(CC3CC3)c2CC1. The summed E-state index contributed by atoms with van der Waals surface area (Å²) in [6, 6.07) is 5.31. The highest BCUT2D eigenvalue weighted by Gasteiger charge is 2.26. The van der Waals surface area contributed by atoms with Crippen molar-refractivity contribution in [3.8, 4) is 0 Å². The average molecular weight is 312 g/mol. The van der Waals surface area contributed by atoms with E-state index in [1.54, 1.807) is 12.1 Å². The Bertz CT molecular complexity index is 772. The van der Waals surface area contributed by atoms with Crippen molar-refractivity contribution in [1.82, 2.24) is 9.47 Å². The summed E-state index contributed by atoms with van der Waals surface area (Å²) >= 11 is 0. The van der Waals surface area contributed by atoms with E-state index in [0.717, 1.165) is 25.1 Å². The second kappa shape index (κ2) is 5.72. The minimum atomic E-state index is 0.00245. The van der Waals surface area contributed by atoms with Crippen LogP contribution in [0.15, 0.2) is 39.9 Å². The second-order valence-electron chi connectivity index (χ2n) is 6.50. The maximum atomic E-state index is 12.5. The average Bonchev–Trinajstić information content (AvgIpc) is 3.26. The van der Waals surface area contributed by atoms with E-state index < -0.39 is 0 Å². The molecule has 5 heteroatoms. The lowest BCUT2D eigenvalue weighted by molar-refractivity contribution is 0.0762. The number of nitrogens with zero attached hydrogens (tertiary/aromatic N) is 2. The van der Waals surface area contributed by atoms with Gasteiger partial charge in [-0.1, -0.05) is 6.07 Å². The number of pyridine rings is 1.